The van der Waals surface area contributed by atoms with Crippen LogP contribution in [0.1, 0.15) is 21.1 Å². The van der Waals surface area contributed by atoms with Gasteiger partial charge in [-0.25, -0.2) is 9.97 Å². The van der Waals surface area contributed by atoms with Gasteiger partial charge in [0.2, 0.25) is 0 Å². The molecule has 0 saturated carbocycles. The molecule has 2 unspecified atom stereocenters. The van der Waals surface area contributed by atoms with Crippen molar-refractivity contribution < 1.29 is 27.8 Å². The summed E-state index contributed by atoms with van der Waals surface area (Å²) in [7, 11) is 15.7. The Morgan fingerprint density at radius 1 is 0.614 bits per heavy atom. The smallest absolute Gasteiger partial charge is 0.178 e. The van der Waals surface area contributed by atoms with Gasteiger partial charge in [-0.2, -0.15) is 0 Å². The highest BCUT2D eigenvalue weighted by Crippen LogP contribution is 2.53. The van der Waals surface area contributed by atoms with Crippen molar-refractivity contribution >= 4 is 124 Å². The summed E-state index contributed by atoms with van der Waals surface area (Å²) in [6, 6.07) is 16.6. The van der Waals surface area contributed by atoms with Gasteiger partial charge in [0, 0.05) is 51.0 Å². The molecule has 2 heterocycles. The van der Waals surface area contributed by atoms with Crippen LogP contribution in [0.3, 0.4) is 0 Å². The Morgan fingerprint density at radius 3 is 1.41 bits per heavy atom. The number of rotatable bonds is 23. The molecule has 0 bridgehead atoms. The lowest BCUT2D eigenvalue weighted by atomic mass is 10.3. The van der Waals surface area contributed by atoms with Gasteiger partial charge in [-0.3, -0.25) is 0 Å². The SMILES string of the molecule is COC(CO[SiH2]C(CSSSSSSCC([SiH2]OCC(OC)OC)c1nc2ccccc2s1)c1nc2ccccc2s1)OC. The van der Waals surface area contributed by atoms with Gasteiger partial charge in [0.05, 0.1) is 43.7 Å². The number of methoxy groups -OCH3 is 4. The lowest BCUT2D eigenvalue weighted by Gasteiger charge is -2.17. The third-order valence-corrected chi connectivity index (χ3v) is 24.2. The molecule has 0 aliphatic heterocycles. The van der Waals surface area contributed by atoms with Crippen molar-refractivity contribution in [2.75, 3.05) is 53.2 Å². The Hall–Kier alpha value is 0.514. The van der Waals surface area contributed by atoms with E-state index in [1.807, 2.05) is 53.4 Å². The van der Waals surface area contributed by atoms with Crippen LogP contribution in [0.25, 0.3) is 20.4 Å². The fourth-order valence-electron chi connectivity index (χ4n) is 3.87. The second kappa shape index (κ2) is 21.5. The van der Waals surface area contributed by atoms with E-state index in [9.17, 15) is 0 Å². The number of para-hydroxylation sites is 2. The lowest BCUT2D eigenvalue weighted by molar-refractivity contribution is -0.122. The molecule has 0 spiro atoms. The maximum atomic E-state index is 6.12. The molecule has 0 aliphatic carbocycles. The van der Waals surface area contributed by atoms with Crippen LogP contribution in [-0.2, 0) is 27.8 Å². The van der Waals surface area contributed by atoms with Crippen LogP contribution in [-0.4, -0.2) is 95.2 Å². The molecule has 8 nitrogen and oxygen atoms in total. The molecule has 2 atom stereocenters. The number of benzene rings is 2. The normalized spacial score (nSPS) is 14.0. The van der Waals surface area contributed by atoms with Gasteiger partial charge in [-0.05, 0) is 63.6 Å². The molecule has 0 amide bonds. The Bertz CT molecular complexity index is 1200. The van der Waals surface area contributed by atoms with Gasteiger partial charge in [0.15, 0.2) is 32.1 Å². The molecule has 4 rings (SSSR count). The third kappa shape index (κ3) is 12.2. The minimum Gasteiger partial charge on any atom is -0.418 e. The average molecular weight is 785 g/mol. The Morgan fingerprint density at radius 2 is 1.02 bits per heavy atom. The summed E-state index contributed by atoms with van der Waals surface area (Å²) in [6.45, 7) is 0.893. The topological polar surface area (TPSA) is 81.2 Å². The van der Waals surface area contributed by atoms with Crippen molar-refractivity contribution in [2.45, 2.75) is 23.7 Å². The highest BCUT2D eigenvalue weighted by atomic mass is 33.9. The van der Waals surface area contributed by atoms with Crippen molar-refractivity contribution in [2.24, 2.45) is 0 Å². The Balaban J connectivity index is 1.21. The molecule has 242 valence electrons. The van der Waals surface area contributed by atoms with E-state index in [1.54, 1.807) is 70.8 Å². The maximum absolute atomic E-state index is 6.12. The fourth-order valence-corrected chi connectivity index (χ4v) is 22.9. The van der Waals surface area contributed by atoms with Crippen molar-refractivity contribution in [1.29, 1.82) is 0 Å². The Kier molecular flexibility index (Phi) is 18.2. The second-order valence-corrected chi connectivity index (χ2v) is 24.4. The zero-order valence-corrected chi connectivity index (χ0v) is 34.1. The molecule has 0 aliphatic rings. The van der Waals surface area contributed by atoms with E-state index in [0.29, 0.717) is 24.3 Å². The first-order valence-electron chi connectivity index (χ1n) is 13.5. The van der Waals surface area contributed by atoms with E-state index in [0.717, 1.165) is 32.6 Å². The van der Waals surface area contributed by atoms with Crippen LogP contribution in [0.15, 0.2) is 48.5 Å². The molecule has 44 heavy (non-hydrogen) atoms. The monoisotopic (exact) mass is 784 g/mol. The quantitative estimate of drug-likeness (QED) is 0.0332. The van der Waals surface area contributed by atoms with Crippen LogP contribution < -0.4 is 0 Å². The number of hydrogen-bond acceptors (Lipinski definition) is 16. The number of fused-ring (bicyclic) bond motifs is 2. The molecule has 0 fully saturated rings. The van der Waals surface area contributed by atoms with E-state index in [4.69, 9.17) is 37.8 Å². The van der Waals surface area contributed by atoms with Gasteiger partial charge in [0.25, 0.3) is 0 Å². The fraction of sp³-hybridized carbons (Fsp3) is 0.462. The van der Waals surface area contributed by atoms with Gasteiger partial charge in [-0.1, -0.05) is 45.9 Å². The van der Waals surface area contributed by atoms with E-state index in [2.05, 4.69) is 36.4 Å². The summed E-state index contributed by atoms with van der Waals surface area (Å²) in [6.07, 6.45) is -0.670. The first kappa shape index (κ1) is 37.3. The molecule has 2 aromatic carbocycles. The lowest BCUT2D eigenvalue weighted by Crippen LogP contribution is -2.24. The number of aromatic nitrogens is 2. The average Bonchev–Trinajstić information content (AvgIpc) is 3.69. The van der Waals surface area contributed by atoms with Crippen LogP contribution >= 0.6 is 83.6 Å². The highest BCUT2D eigenvalue weighted by molar-refractivity contribution is 9.41. The van der Waals surface area contributed by atoms with Crippen LogP contribution in [0, 0.1) is 0 Å². The summed E-state index contributed by atoms with van der Waals surface area (Å²) in [4.78, 5) is 9.86. The minimum absolute atomic E-state index is 0.322. The zero-order valence-electron chi connectivity index (χ0n) is 24.8. The van der Waals surface area contributed by atoms with E-state index in [-0.39, 0.29) is 12.6 Å². The number of nitrogens with zero attached hydrogens (tertiary/aromatic N) is 2. The number of hydrogen-bond donors (Lipinski definition) is 0. The van der Waals surface area contributed by atoms with Crippen LogP contribution in [0.2, 0.25) is 0 Å². The van der Waals surface area contributed by atoms with Crippen LogP contribution in [0.4, 0.5) is 0 Å². The molecule has 0 N–H and O–H groups in total. The summed E-state index contributed by atoms with van der Waals surface area (Å²) in [5.74, 6) is 1.92. The van der Waals surface area contributed by atoms with E-state index >= 15 is 0 Å². The zero-order chi connectivity index (χ0) is 31.0. The van der Waals surface area contributed by atoms with Crippen LogP contribution in [0.5, 0.6) is 0 Å². The summed E-state index contributed by atoms with van der Waals surface area (Å²) < 4.78 is 35.9. The van der Waals surface area contributed by atoms with Gasteiger partial charge in [0.1, 0.15) is 0 Å². The number of ether oxygens (including phenoxy) is 4. The minimum atomic E-state index is -0.888. The molecule has 4 aromatic rings. The predicted octanol–water partition coefficient (Wildman–Crippen LogP) is 7.10. The van der Waals surface area contributed by atoms with Gasteiger partial charge >= 0.3 is 0 Å². The van der Waals surface area contributed by atoms with Crippen molar-refractivity contribution in [3.63, 3.8) is 0 Å². The summed E-state index contributed by atoms with van der Waals surface area (Å²) in [5.41, 5.74) is 2.76. The Labute approximate surface area is 294 Å². The van der Waals surface area contributed by atoms with E-state index < -0.39 is 19.5 Å². The first-order chi connectivity index (χ1) is 21.6. The largest absolute Gasteiger partial charge is 0.418 e. The molecular formula is C26H36N2O6S8Si2. The summed E-state index contributed by atoms with van der Waals surface area (Å²) in [5, 5.41) is 2.32. The molecule has 2 aromatic heterocycles. The highest BCUT2D eigenvalue weighted by Gasteiger charge is 2.21. The van der Waals surface area contributed by atoms with Gasteiger partial charge in [-0.15, -0.1) is 22.7 Å². The predicted molar refractivity (Wildman–Crippen MR) is 205 cm³/mol. The molecule has 0 saturated heterocycles. The summed E-state index contributed by atoms with van der Waals surface area (Å²) >= 11 is 3.55. The third-order valence-electron chi connectivity index (χ3n) is 6.23. The van der Waals surface area contributed by atoms with Crippen molar-refractivity contribution in [3.05, 3.63) is 58.5 Å². The van der Waals surface area contributed by atoms with Gasteiger partial charge < -0.3 is 27.8 Å². The molecule has 0 radical (unpaired) electrons. The second-order valence-electron chi connectivity index (χ2n) is 9.15. The maximum Gasteiger partial charge on any atom is 0.178 e. The van der Waals surface area contributed by atoms with Crippen molar-refractivity contribution in [1.82, 2.24) is 9.97 Å². The standard InChI is InChI=1S/C26H36N2O6S8Si2/c1-29-23(30-2)13-33-43-21(25-27-17-9-5-7-11-19(17)37-25)15-35-39-41-42-40-36-16-22(44-34-14-24(31-3)32-4)26-28-18-10-6-8-12-20(18)38-26/h5-12,21-24H,13-16,43-44H2,1-4H3. The van der Waals surface area contributed by atoms with E-state index in [1.165, 1.54) is 9.40 Å². The number of thiazole rings is 2. The first-order valence-corrected chi connectivity index (χ1v) is 25.8. The molecular weight excluding hydrogens is 749 g/mol. The van der Waals surface area contributed by atoms with Crippen molar-refractivity contribution in [3.8, 4) is 0 Å². The molecule has 18 heteroatoms.